The molecule has 0 radical (unpaired) electrons. The van der Waals surface area contributed by atoms with Crippen molar-refractivity contribution in [3.8, 4) is 5.75 Å². The fourth-order valence-corrected chi connectivity index (χ4v) is 2.22. The maximum atomic E-state index is 12.5. The van der Waals surface area contributed by atoms with Crippen LogP contribution in [0.2, 0.25) is 0 Å². The average Bonchev–Trinajstić information content (AvgIpc) is 2.58. The van der Waals surface area contributed by atoms with Gasteiger partial charge in [0.2, 0.25) is 0 Å². The Balaban J connectivity index is 2.05. The van der Waals surface area contributed by atoms with Gasteiger partial charge in [0.05, 0.1) is 5.56 Å². The summed E-state index contributed by atoms with van der Waals surface area (Å²) in [5.74, 6) is 0.271. The lowest BCUT2D eigenvalue weighted by molar-refractivity contribution is -0.137. The fraction of sp³-hybridized carbons (Fsp3) is 0.167. The molecule has 0 N–H and O–H groups in total. The SMILES string of the molecule is O=C(c1ccc(OCC=CCBr)cc1)c1ccc(C(F)(F)F)cc1. The molecule has 0 unspecified atom stereocenters. The van der Waals surface area contributed by atoms with Crippen LogP contribution in [0.4, 0.5) is 13.2 Å². The summed E-state index contributed by atoms with van der Waals surface area (Å²) in [5, 5.41) is 0.747. The molecule has 0 aliphatic heterocycles. The quantitative estimate of drug-likeness (QED) is 0.376. The third-order valence-electron chi connectivity index (χ3n) is 3.19. The highest BCUT2D eigenvalue weighted by Crippen LogP contribution is 2.29. The Hall–Kier alpha value is -2.08. The Kier molecular flexibility index (Phi) is 6.20. The predicted octanol–water partition coefficient (Wildman–Crippen LogP) is 5.27. The van der Waals surface area contributed by atoms with Crippen LogP contribution in [-0.4, -0.2) is 17.7 Å². The molecular weight excluding hydrogens is 385 g/mol. The number of ketones is 1. The number of alkyl halides is 4. The normalized spacial score (nSPS) is 11.7. The van der Waals surface area contributed by atoms with E-state index in [1.54, 1.807) is 24.3 Å². The van der Waals surface area contributed by atoms with Gasteiger partial charge in [-0.25, -0.2) is 0 Å². The lowest BCUT2D eigenvalue weighted by atomic mass is 10.0. The highest BCUT2D eigenvalue weighted by Gasteiger charge is 2.30. The molecular formula is C18H14BrF3O2. The first-order chi connectivity index (χ1) is 11.4. The first-order valence-electron chi connectivity index (χ1n) is 7.07. The smallest absolute Gasteiger partial charge is 0.416 e. The number of carbonyl (C=O) groups is 1. The molecule has 0 heterocycles. The van der Waals surface area contributed by atoms with E-state index in [1.807, 2.05) is 12.2 Å². The zero-order chi connectivity index (χ0) is 17.6. The minimum absolute atomic E-state index is 0.205. The molecule has 0 aromatic heterocycles. The van der Waals surface area contributed by atoms with Crippen molar-refractivity contribution in [2.24, 2.45) is 0 Å². The van der Waals surface area contributed by atoms with E-state index < -0.39 is 11.7 Å². The second kappa shape index (κ2) is 8.15. The van der Waals surface area contributed by atoms with Crippen molar-refractivity contribution in [2.75, 3.05) is 11.9 Å². The van der Waals surface area contributed by atoms with Crippen LogP contribution >= 0.6 is 15.9 Å². The molecule has 0 saturated heterocycles. The van der Waals surface area contributed by atoms with Crippen molar-refractivity contribution in [1.82, 2.24) is 0 Å². The molecule has 24 heavy (non-hydrogen) atoms. The molecule has 6 heteroatoms. The third kappa shape index (κ3) is 4.96. The summed E-state index contributed by atoms with van der Waals surface area (Å²) in [4.78, 5) is 12.3. The Labute approximate surface area is 146 Å². The molecule has 2 nitrogen and oxygen atoms in total. The van der Waals surface area contributed by atoms with Crippen LogP contribution < -0.4 is 4.74 Å². The van der Waals surface area contributed by atoms with E-state index in [9.17, 15) is 18.0 Å². The molecule has 2 rings (SSSR count). The molecule has 0 aliphatic rings. The lowest BCUT2D eigenvalue weighted by Crippen LogP contribution is -2.06. The van der Waals surface area contributed by atoms with Gasteiger partial charge < -0.3 is 4.74 Å². The standard InChI is InChI=1S/C18H14BrF3O2/c19-11-1-2-12-24-16-9-5-14(6-10-16)17(23)13-3-7-15(8-4-13)18(20,21)22/h1-10H,11-12H2. The van der Waals surface area contributed by atoms with Crippen molar-refractivity contribution in [3.05, 3.63) is 77.4 Å². The summed E-state index contributed by atoms with van der Waals surface area (Å²) in [6.07, 6.45) is -0.650. The number of rotatable bonds is 6. The van der Waals surface area contributed by atoms with Gasteiger partial charge in [0.1, 0.15) is 12.4 Å². The van der Waals surface area contributed by atoms with E-state index in [-0.39, 0.29) is 11.3 Å². The van der Waals surface area contributed by atoms with Gasteiger partial charge in [-0.1, -0.05) is 40.2 Å². The van der Waals surface area contributed by atoms with Gasteiger partial charge >= 0.3 is 6.18 Å². The Morgan fingerprint density at radius 2 is 1.50 bits per heavy atom. The van der Waals surface area contributed by atoms with E-state index in [1.165, 1.54) is 12.1 Å². The maximum absolute atomic E-state index is 12.5. The average molecular weight is 399 g/mol. The van der Waals surface area contributed by atoms with E-state index in [2.05, 4.69) is 15.9 Å². The van der Waals surface area contributed by atoms with Gasteiger partial charge in [0.25, 0.3) is 0 Å². The Morgan fingerprint density at radius 3 is 2.00 bits per heavy atom. The number of hydrogen-bond acceptors (Lipinski definition) is 2. The second-order valence-electron chi connectivity index (χ2n) is 4.87. The number of ether oxygens (including phenoxy) is 1. The molecule has 0 saturated carbocycles. The van der Waals surface area contributed by atoms with Gasteiger partial charge in [-0.05, 0) is 36.4 Å². The van der Waals surface area contributed by atoms with Crippen molar-refractivity contribution >= 4 is 21.7 Å². The monoisotopic (exact) mass is 398 g/mol. The summed E-state index contributed by atoms with van der Waals surface area (Å²) < 4.78 is 43.1. The molecule has 2 aromatic rings. The summed E-state index contributed by atoms with van der Waals surface area (Å²) in [7, 11) is 0. The van der Waals surface area contributed by atoms with Gasteiger partial charge in [0, 0.05) is 16.5 Å². The fourth-order valence-electron chi connectivity index (χ4n) is 1.96. The molecule has 0 atom stereocenters. The molecule has 126 valence electrons. The number of allylic oxidation sites excluding steroid dienone is 1. The highest BCUT2D eigenvalue weighted by atomic mass is 79.9. The summed E-state index contributed by atoms with van der Waals surface area (Å²) >= 11 is 3.26. The largest absolute Gasteiger partial charge is 0.490 e. The third-order valence-corrected chi connectivity index (χ3v) is 3.57. The van der Waals surface area contributed by atoms with Crippen molar-refractivity contribution in [1.29, 1.82) is 0 Å². The van der Waals surface area contributed by atoms with E-state index in [0.29, 0.717) is 17.9 Å². The van der Waals surface area contributed by atoms with Crippen LogP contribution in [-0.2, 0) is 6.18 Å². The molecule has 0 amide bonds. The van der Waals surface area contributed by atoms with E-state index in [0.717, 1.165) is 17.5 Å². The van der Waals surface area contributed by atoms with Crippen molar-refractivity contribution in [3.63, 3.8) is 0 Å². The Bertz CT molecular complexity index is 705. The predicted molar refractivity (Wildman–Crippen MR) is 89.7 cm³/mol. The minimum atomic E-state index is -4.41. The van der Waals surface area contributed by atoms with Gasteiger partial charge in [-0.15, -0.1) is 0 Å². The molecule has 0 aliphatic carbocycles. The summed E-state index contributed by atoms with van der Waals surface area (Å²) in [6, 6.07) is 10.6. The van der Waals surface area contributed by atoms with Gasteiger partial charge in [-0.3, -0.25) is 4.79 Å². The van der Waals surface area contributed by atoms with Crippen molar-refractivity contribution < 1.29 is 22.7 Å². The Morgan fingerprint density at radius 1 is 0.958 bits per heavy atom. The van der Waals surface area contributed by atoms with Crippen LogP contribution in [0, 0.1) is 0 Å². The van der Waals surface area contributed by atoms with Gasteiger partial charge in [0.15, 0.2) is 5.78 Å². The number of halogens is 4. The van der Waals surface area contributed by atoms with Crippen LogP contribution in [0.25, 0.3) is 0 Å². The summed E-state index contributed by atoms with van der Waals surface area (Å²) in [5.41, 5.74) is -0.186. The van der Waals surface area contributed by atoms with Crippen LogP contribution in [0.15, 0.2) is 60.7 Å². The van der Waals surface area contributed by atoms with Crippen LogP contribution in [0.1, 0.15) is 21.5 Å². The molecule has 0 fully saturated rings. The van der Waals surface area contributed by atoms with E-state index in [4.69, 9.17) is 4.74 Å². The second-order valence-corrected chi connectivity index (χ2v) is 5.51. The summed E-state index contributed by atoms with van der Waals surface area (Å²) in [6.45, 7) is 0.414. The molecule has 0 bridgehead atoms. The van der Waals surface area contributed by atoms with Crippen LogP contribution in [0.5, 0.6) is 5.75 Å². The van der Waals surface area contributed by atoms with Crippen molar-refractivity contribution in [2.45, 2.75) is 6.18 Å². The highest BCUT2D eigenvalue weighted by molar-refractivity contribution is 9.09. The number of benzene rings is 2. The lowest BCUT2D eigenvalue weighted by Gasteiger charge is -2.08. The molecule has 2 aromatic carbocycles. The van der Waals surface area contributed by atoms with Gasteiger partial charge in [-0.2, -0.15) is 13.2 Å². The first kappa shape index (κ1) is 18.3. The number of hydrogen-bond donors (Lipinski definition) is 0. The number of carbonyl (C=O) groups excluding carboxylic acids is 1. The van der Waals surface area contributed by atoms with Crippen LogP contribution in [0.3, 0.4) is 0 Å². The maximum Gasteiger partial charge on any atom is 0.416 e. The zero-order valence-electron chi connectivity index (χ0n) is 12.5. The topological polar surface area (TPSA) is 26.3 Å². The zero-order valence-corrected chi connectivity index (χ0v) is 14.1. The molecule has 0 spiro atoms. The first-order valence-corrected chi connectivity index (χ1v) is 8.20. The van der Waals surface area contributed by atoms with E-state index >= 15 is 0 Å². The minimum Gasteiger partial charge on any atom is -0.490 e.